The van der Waals surface area contributed by atoms with Gasteiger partial charge in [0.2, 0.25) is 5.95 Å². The molecule has 4 N–H and O–H groups in total. The first-order valence-corrected chi connectivity index (χ1v) is 12.9. The molecule has 36 heavy (non-hydrogen) atoms. The third-order valence-electron chi connectivity index (χ3n) is 6.90. The second kappa shape index (κ2) is 11.9. The fourth-order valence-electron chi connectivity index (χ4n) is 4.89. The van der Waals surface area contributed by atoms with Gasteiger partial charge in [0.15, 0.2) is 5.82 Å². The predicted molar refractivity (Wildman–Crippen MR) is 143 cm³/mol. The molecule has 1 unspecified atom stereocenters. The average Bonchev–Trinajstić information content (AvgIpc) is 3.16. The van der Waals surface area contributed by atoms with Crippen LogP contribution in [0.4, 0.5) is 11.8 Å². The smallest absolute Gasteiger partial charge is 0.222 e. The number of nitrogens with two attached hydrogens (primary N) is 1. The number of nitrogens with zero attached hydrogens (tertiary/aromatic N) is 6. The molecule has 0 spiro atoms. The molecule has 0 aliphatic carbocycles. The monoisotopic (exact) mass is 496 g/mol. The Bertz CT molecular complexity index is 1150. The van der Waals surface area contributed by atoms with Gasteiger partial charge in [-0.1, -0.05) is 25.5 Å². The van der Waals surface area contributed by atoms with Crippen LogP contribution in [-0.2, 0) is 13.1 Å². The number of benzene rings is 1. The van der Waals surface area contributed by atoms with E-state index in [0.29, 0.717) is 18.8 Å². The highest BCUT2D eigenvalue weighted by Crippen LogP contribution is 2.29. The molecule has 1 atom stereocenters. The van der Waals surface area contributed by atoms with E-state index >= 15 is 0 Å². The van der Waals surface area contributed by atoms with E-state index < -0.39 is 0 Å². The summed E-state index contributed by atoms with van der Waals surface area (Å²) in [4.78, 5) is 13.8. The number of nitrogen functional groups attached to an aromatic ring is 1. The van der Waals surface area contributed by atoms with Crippen molar-refractivity contribution in [2.45, 2.75) is 52.2 Å². The summed E-state index contributed by atoms with van der Waals surface area (Å²) in [6.45, 7) is 9.95. The normalized spacial score (nSPS) is 15.9. The van der Waals surface area contributed by atoms with E-state index in [-0.39, 0.29) is 18.6 Å². The highest BCUT2D eigenvalue weighted by atomic mass is 16.5. The van der Waals surface area contributed by atoms with E-state index in [2.05, 4.69) is 57.3 Å². The van der Waals surface area contributed by atoms with Crippen molar-refractivity contribution in [2.75, 3.05) is 58.0 Å². The van der Waals surface area contributed by atoms with Gasteiger partial charge >= 0.3 is 0 Å². The van der Waals surface area contributed by atoms with Gasteiger partial charge < -0.3 is 25.8 Å². The van der Waals surface area contributed by atoms with Crippen LogP contribution in [0.2, 0.25) is 0 Å². The van der Waals surface area contributed by atoms with Crippen LogP contribution in [-0.4, -0.2) is 87.6 Å². The van der Waals surface area contributed by atoms with Crippen LogP contribution < -0.4 is 15.8 Å². The summed E-state index contributed by atoms with van der Waals surface area (Å²) in [6, 6.07) is 6.54. The topological polar surface area (TPSA) is 118 Å². The molecule has 10 nitrogen and oxygen atoms in total. The molecule has 0 saturated carbocycles. The van der Waals surface area contributed by atoms with E-state index in [0.717, 1.165) is 73.6 Å². The van der Waals surface area contributed by atoms with E-state index in [1.165, 1.54) is 5.56 Å². The molecule has 0 amide bonds. The van der Waals surface area contributed by atoms with Crippen molar-refractivity contribution in [3.63, 3.8) is 0 Å². The quantitative estimate of drug-likeness (QED) is 0.368. The minimum absolute atomic E-state index is 0.0875. The number of fused-ring (bicyclic) bond motifs is 1. The van der Waals surface area contributed by atoms with Crippen molar-refractivity contribution in [1.29, 1.82) is 0 Å². The number of hydrogen-bond acceptors (Lipinski definition) is 9. The van der Waals surface area contributed by atoms with Gasteiger partial charge in [0.25, 0.3) is 0 Å². The molecule has 3 heterocycles. The Morgan fingerprint density at radius 2 is 1.92 bits per heavy atom. The van der Waals surface area contributed by atoms with Crippen molar-refractivity contribution in [3.8, 4) is 5.75 Å². The summed E-state index contributed by atoms with van der Waals surface area (Å²) in [5.74, 6) is 1.70. The molecule has 0 bridgehead atoms. The summed E-state index contributed by atoms with van der Waals surface area (Å²) < 4.78 is 7.72. The number of anilines is 2. The summed E-state index contributed by atoms with van der Waals surface area (Å²) >= 11 is 0. The molecular weight excluding hydrogens is 456 g/mol. The molecule has 4 rings (SSSR count). The Morgan fingerprint density at radius 1 is 1.14 bits per heavy atom. The lowest BCUT2D eigenvalue weighted by Gasteiger charge is -2.32. The third kappa shape index (κ3) is 6.05. The van der Waals surface area contributed by atoms with Gasteiger partial charge in [-0.05, 0) is 38.4 Å². The maximum atomic E-state index is 9.52. The van der Waals surface area contributed by atoms with E-state index in [9.17, 15) is 5.11 Å². The molecule has 1 aliphatic rings. The molecule has 3 aromatic rings. The van der Waals surface area contributed by atoms with Gasteiger partial charge in [-0.3, -0.25) is 9.58 Å². The van der Waals surface area contributed by atoms with Crippen molar-refractivity contribution in [1.82, 2.24) is 29.5 Å². The Morgan fingerprint density at radius 3 is 2.61 bits per heavy atom. The molecular formula is C26H40N8O2. The lowest BCUT2D eigenvalue weighted by molar-refractivity contribution is 0.148. The molecule has 1 aromatic carbocycles. The number of piperazine rings is 1. The van der Waals surface area contributed by atoms with Gasteiger partial charge in [0.1, 0.15) is 16.8 Å². The van der Waals surface area contributed by atoms with E-state index in [4.69, 9.17) is 15.6 Å². The van der Waals surface area contributed by atoms with Crippen molar-refractivity contribution in [2.24, 2.45) is 0 Å². The fraction of sp³-hybridized carbons (Fsp3) is 0.577. The lowest BCUT2D eigenvalue weighted by atomic mass is 10.1. The number of rotatable bonds is 11. The van der Waals surface area contributed by atoms with Crippen LogP contribution in [0.15, 0.2) is 18.2 Å². The first-order chi connectivity index (χ1) is 17.4. The van der Waals surface area contributed by atoms with Gasteiger partial charge in [-0.2, -0.15) is 10.1 Å². The average molecular weight is 497 g/mol. The van der Waals surface area contributed by atoms with Gasteiger partial charge in [0, 0.05) is 50.9 Å². The number of methoxy groups -OCH3 is 1. The van der Waals surface area contributed by atoms with Crippen LogP contribution in [0.5, 0.6) is 5.75 Å². The molecule has 1 saturated heterocycles. The minimum Gasteiger partial charge on any atom is -0.496 e. The molecule has 2 aromatic heterocycles. The summed E-state index contributed by atoms with van der Waals surface area (Å²) in [6.07, 6.45) is 2.55. The van der Waals surface area contributed by atoms with Crippen molar-refractivity contribution in [3.05, 3.63) is 35.0 Å². The molecule has 10 heteroatoms. The maximum absolute atomic E-state index is 9.52. The van der Waals surface area contributed by atoms with Gasteiger partial charge in [-0.15, -0.1) is 0 Å². The number of aromatic nitrogens is 4. The van der Waals surface area contributed by atoms with Crippen LogP contribution in [0.3, 0.4) is 0 Å². The Hall–Kier alpha value is -2.95. The van der Waals surface area contributed by atoms with Gasteiger partial charge in [-0.25, -0.2) is 4.98 Å². The number of aryl methyl sites for hydroxylation is 1. The summed E-state index contributed by atoms with van der Waals surface area (Å²) in [5, 5.41) is 17.8. The first-order valence-electron chi connectivity index (χ1n) is 12.9. The van der Waals surface area contributed by atoms with Crippen molar-refractivity contribution < 1.29 is 9.84 Å². The fourth-order valence-corrected chi connectivity index (χ4v) is 4.89. The Balaban J connectivity index is 1.62. The first kappa shape index (κ1) is 26.1. The number of ether oxygens (including phenoxy) is 1. The SMILES string of the molecule is CCCC(CCO)Nc1nc(N)nc2c(C)nn(Cc3ccc(CN4CCN(C)CC4)cc3OC)c12. The highest BCUT2D eigenvalue weighted by molar-refractivity contribution is 5.88. The second-order valence-corrected chi connectivity index (χ2v) is 9.74. The molecule has 0 radical (unpaired) electrons. The van der Waals surface area contributed by atoms with Crippen LogP contribution in [0, 0.1) is 6.92 Å². The number of aliphatic hydroxyl groups excluding tert-OH is 1. The van der Waals surface area contributed by atoms with Crippen LogP contribution in [0.25, 0.3) is 11.0 Å². The second-order valence-electron chi connectivity index (χ2n) is 9.74. The zero-order valence-corrected chi connectivity index (χ0v) is 22.0. The molecule has 1 fully saturated rings. The Labute approximate surface area is 213 Å². The predicted octanol–water partition coefficient (Wildman–Crippen LogP) is 2.48. The van der Waals surface area contributed by atoms with Crippen LogP contribution in [0.1, 0.15) is 43.0 Å². The largest absolute Gasteiger partial charge is 0.496 e. The molecule has 1 aliphatic heterocycles. The lowest BCUT2D eigenvalue weighted by Crippen LogP contribution is -2.43. The zero-order valence-electron chi connectivity index (χ0n) is 22.0. The Kier molecular flexibility index (Phi) is 8.60. The zero-order chi connectivity index (χ0) is 25.7. The third-order valence-corrected chi connectivity index (χ3v) is 6.90. The highest BCUT2D eigenvalue weighted by Gasteiger charge is 2.20. The molecule has 196 valence electrons. The number of aliphatic hydroxyl groups is 1. The van der Waals surface area contributed by atoms with E-state index in [1.807, 2.05) is 11.6 Å². The van der Waals surface area contributed by atoms with E-state index in [1.54, 1.807) is 7.11 Å². The number of nitrogens with one attached hydrogen (secondary N) is 1. The van der Waals surface area contributed by atoms with Crippen molar-refractivity contribution >= 4 is 22.8 Å². The maximum Gasteiger partial charge on any atom is 0.222 e. The minimum atomic E-state index is 0.0875. The van der Waals surface area contributed by atoms with Crippen LogP contribution >= 0.6 is 0 Å². The standard InChI is InChI=1S/C26H40N8O2/c1-5-6-21(9-14-35)28-25-24-23(29-26(27)30-25)18(2)31-34(24)17-20-8-7-19(15-22(20)36-4)16-33-12-10-32(3)11-13-33/h7-8,15,21,35H,5-6,9-14,16-17H2,1-4H3,(H3,27,28,29,30). The van der Waals surface area contributed by atoms with Gasteiger partial charge in [0.05, 0.1) is 19.3 Å². The summed E-state index contributed by atoms with van der Waals surface area (Å²) in [7, 11) is 3.89. The number of hydrogen-bond donors (Lipinski definition) is 3. The summed E-state index contributed by atoms with van der Waals surface area (Å²) in [5.41, 5.74) is 10.7. The number of likely N-dealkylation sites (N-methyl/N-ethyl adjacent to an activating group) is 1.